The van der Waals surface area contributed by atoms with Gasteiger partial charge in [-0.15, -0.1) is 0 Å². The number of nitrogens with zero attached hydrogens (tertiary/aromatic N) is 3. The Kier molecular flexibility index (Phi) is 2.52. The van der Waals surface area contributed by atoms with Crippen LogP contribution in [0.1, 0.15) is 11.3 Å². The van der Waals surface area contributed by atoms with Crippen LogP contribution in [-0.2, 0) is 0 Å². The third-order valence-electron chi connectivity index (χ3n) is 4.62. The fourth-order valence-electron chi connectivity index (χ4n) is 3.52. The lowest BCUT2D eigenvalue weighted by molar-refractivity contribution is -0.356. The smallest absolute Gasteiger partial charge is 0.396 e. The van der Waals surface area contributed by atoms with Gasteiger partial charge in [-0.2, -0.15) is 0 Å². The van der Waals surface area contributed by atoms with E-state index in [4.69, 9.17) is 0 Å². The van der Waals surface area contributed by atoms with Gasteiger partial charge in [0.1, 0.15) is 6.21 Å². The van der Waals surface area contributed by atoms with Crippen molar-refractivity contribution in [2.24, 2.45) is 0 Å². The summed E-state index contributed by atoms with van der Waals surface area (Å²) in [7, 11) is 0. The van der Waals surface area contributed by atoms with Crippen molar-refractivity contribution in [2.75, 3.05) is 0 Å². The summed E-state index contributed by atoms with van der Waals surface area (Å²) in [6.07, 6.45) is 8.02. The van der Waals surface area contributed by atoms with Crippen molar-refractivity contribution in [1.29, 1.82) is 0 Å². The maximum absolute atomic E-state index is 14.8. The summed E-state index contributed by atoms with van der Waals surface area (Å²) in [5, 5.41) is 0.988. The van der Waals surface area contributed by atoms with E-state index in [1.54, 1.807) is 30.5 Å². The minimum absolute atomic E-state index is 0.517. The molecule has 4 heterocycles. The molecule has 0 N–H and O–H groups in total. The van der Waals surface area contributed by atoms with E-state index in [1.807, 2.05) is 30.3 Å². The molecule has 0 fully saturated rings. The maximum Gasteiger partial charge on any atom is 0.737 e. The molecule has 0 aliphatic carbocycles. The highest BCUT2D eigenvalue weighted by molar-refractivity contribution is 6.57. The van der Waals surface area contributed by atoms with Gasteiger partial charge in [0, 0.05) is 35.0 Å². The van der Waals surface area contributed by atoms with Crippen molar-refractivity contribution in [3.8, 4) is 0 Å². The Hall–Kier alpha value is -3.02. The number of halogens is 2. The van der Waals surface area contributed by atoms with Crippen molar-refractivity contribution >= 4 is 29.7 Å². The molecule has 0 spiro atoms. The van der Waals surface area contributed by atoms with E-state index in [0.29, 0.717) is 11.4 Å². The second-order valence-corrected chi connectivity index (χ2v) is 5.98. The molecule has 0 amide bonds. The predicted octanol–water partition coefficient (Wildman–Crippen LogP) is 3.69. The summed E-state index contributed by atoms with van der Waals surface area (Å²) in [6, 6.07) is 13.2. The van der Waals surface area contributed by atoms with Crippen molar-refractivity contribution in [2.45, 2.75) is 0 Å². The molecule has 1 aromatic carbocycles. The van der Waals surface area contributed by atoms with Crippen molar-refractivity contribution < 1.29 is 13.1 Å². The van der Waals surface area contributed by atoms with Crippen molar-refractivity contribution in [3.05, 3.63) is 84.0 Å². The minimum Gasteiger partial charge on any atom is -0.396 e. The largest absolute Gasteiger partial charge is 0.737 e. The number of hydrogen-bond donors (Lipinski definition) is 0. The molecule has 0 unspecified atom stereocenters. The average molecular weight is 319 g/mol. The maximum atomic E-state index is 14.8. The second kappa shape index (κ2) is 4.51. The molecule has 0 radical (unpaired) electrons. The van der Waals surface area contributed by atoms with Gasteiger partial charge in [-0.1, -0.05) is 18.2 Å². The monoisotopic (exact) mass is 319 g/mol. The number of rotatable bonds is 1. The van der Waals surface area contributed by atoms with Gasteiger partial charge in [-0.05, 0) is 30.5 Å². The third-order valence-corrected chi connectivity index (χ3v) is 4.62. The Morgan fingerprint density at radius 2 is 1.96 bits per heavy atom. The van der Waals surface area contributed by atoms with Gasteiger partial charge < -0.3 is 17.6 Å². The fraction of sp³-hybridized carbons (Fsp3) is 0. The predicted molar refractivity (Wildman–Crippen MR) is 91.0 cm³/mol. The number of allylic oxidation sites excluding steroid dienone is 2. The Morgan fingerprint density at radius 3 is 2.88 bits per heavy atom. The quantitative estimate of drug-likeness (QED) is 0.627. The first-order valence-corrected chi connectivity index (χ1v) is 7.75. The van der Waals surface area contributed by atoms with Crippen LogP contribution in [0.4, 0.5) is 8.63 Å². The lowest BCUT2D eigenvalue weighted by Crippen LogP contribution is -2.49. The molecule has 2 aromatic heterocycles. The molecule has 5 rings (SSSR count). The van der Waals surface area contributed by atoms with Crippen LogP contribution in [0.2, 0.25) is 0 Å². The zero-order valence-electron chi connectivity index (χ0n) is 12.6. The van der Waals surface area contributed by atoms with Crippen LogP contribution < -0.4 is 0 Å². The van der Waals surface area contributed by atoms with Gasteiger partial charge >= 0.3 is 6.97 Å². The van der Waals surface area contributed by atoms with Crippen LogP contribution >= 0.6 is 0 Å². The van der Waals surface area contributed by atoms with Gasteiger partial charge in [-0.3, -0.25) is 4.98 Å². The van der Waals surface area contributed by atoms with E-state index in [1.165, 1.54) is 12.4 Å². The zero-order chi connectivity index (χ0) is 16.3. The Bertz CT molecular complexity index is 1090. The van der Waals surface area contributed by atoms with Crippen LogP contribution in [0.15, 0.2) is 72.7 Å². The normalized spacial score (nSPS) is 17.8. The topological polar surface area (TPSA) is 20.8 Å². The Balaban J connectivity index is 1.83. The number of hydrogen-bond acceptors (Lipinski definition) is 1. The molecule has 2 aliphatic rings. The second-order valence-electron chi connectivity index (χ2n) is 5.98. The van der Waals surface area contributed by atoms with Gasteiger partial charge in [0.05, 0.1) is 11.1 Å². The molecule has 116 valence electrons. The molecule has 3 aromatic rings. The lowest BCUT2D eigenvalue weighted by Gasteiger charge is -2.30. The summed E-state index contributed by atoms with van der Waals surface area (Å²) in [5.74, 6) is 0. The van der Waals surface area contributed by atoms with Crippen LogP contribution in [0.5, 0.6) is 0 Å². The molecular formula is C18H12BF2N3. The van der Waals surface area contributed by atoms with E-state index < -0.39 is 6.97 Å². The molecule has 0 atom stereocenters. The highest BCUT2D eigenvalue weighted by Crippen LogP contribution is 2.38. The van der Waals surface area contributed by atoms with Gasteiger partial charge in [0.2, 0.25) is 0 Å². The number of benzene rings is 1. The minimum atomic E-state index is -3.86. The Labute approximate surface area is 136 Å². The molecule has 2 aliphatic heterocycles. The van der Waals surface area contributed by atoms with Crippen LogP contribution in [0, 0.1) is 0 Å². The van der Waals surface area contributed by atoms with Gasteiger partial charge in [-0.25, -0.2) is 0 Å². The van der Waals surface area contributed by atoms with E-state index in [9.17, 15) is 8.63 Å². The first-order chi connectivity index (χ1) is 11.7. The molecule has 3 nitrogen and oxygen atoms in total. The Morgan fingerprint density at radius 1 is 1.08 bits per heavy atom. The first-order valence-electron chi connectivity index (χ1n) is 7.75. The molecule has 6 heteroatoms. The van der Waals surface area contributed by atoms with E-state index in [2.05, 4.69) is 4.98 Å². The highest BCUT2D eigenvalue weighted by atomic mass is 19.2. The number of para-hydroxylation sites is 1. The molecule has 24 heavy (non-hydrogen) atoms. The molecule has 0 bridgehead atoms. The zero-order valence-corrected chi connectivity index (χ0v) is 12.6. The van der Waals surface area contributed by atoms with Crippen molar-refractivity contribution in [3.63, 3.8) is 0 Å². The summed E-state index contributed by atoms with van der Waals surface area (Å²) < 4.78 is 31.7. The van der Waals surface area contributed by atoms with E-state index >= 15 is 0 Å². The fourth-order valence-corrected chi connectivity index (χ4v) is 3.52. The third kappa shape index (κ3) is 1.65. The van der Waals surface area contributed by atoms with Gasteiger partial charge in [0.15, 0.2) is 5.70 Å². The van der Waals surface area contributed by atoms with Crippen LogP contribution in [-0.4, -0.2) is 27.1 Å². The number of fused-ring (bicyclic) bond motifs is 3. The summed E-state index contributed by atoms with van der Waals surface area (Å²) >= 11 is 0. The number of aromatic nitrogens is 2. The van der Waals surface area contributed by atoms with Crippen molar-refractivity contribution in [1.82, 2.24) is 9.46 Å². The summed E-state index contributed by atoms with van der Waals surface area (Å²) in [6.45, 7) is -3.86. The highest BCUT2D eigenvalue weighted by Gasteiger charge is 2.51. The van der Waals surface area contributed by atoms with Crippen LogP contribution in [0.3, 0.4) is 0 Å². The summed E-state index contributed by atoms with van der Waals surface area (Å²) in [4.78, 5) is 4.49. The van der Waals surface area contributed by atoms with E-state index in [0.717, 1.165) is 31.0 Å². The van der Waals surface area contributed by atoms with Gasteiger partial charge in [0.25, 0.3) is 0 Å². The standard InChI is InChI=1S/C18H12BF2N3/c20-19(21)23-9-3-7-16(23)18(17-8-4-10-24(17)19)14-11-13-5-1-2-6-15(13)22-12-14/h1-12H. The summed E-state index contributed by atoms with van der Waals surface area (Å²) in [5.41, 5.74) is 3.53. The van der Waals surface area contributed by atoms with Crippen LogP contribution in [0.25, 0.3) is 16.5 Å². The molecular weight excluding hydrogens is 307 g/mol. The molecule has 0 saturated heterocycles. The lowest BCUT2D eigenvalue weighted by atomic mass is 9.87. The molecule has 0 saturated carbocycles. The van der Waals surface area contributed by atoms with E-state index in [-0.39, 0.29) is 0 Å². The average Bonchev–Trinajstić information content (AvgIpc) is 3.25. The first kappa shape index (κ1) is 13.4. The number of pyridine rings is 1. The SMILES string of the molecule is F[B-]1(F)n2cccc2C(c2cnc3ccccc3c2)=C2C=CC=[N+]21.